The van der Waals surface area contributed by atoms with Crippen molar-refractivity contribution in [1.82, 2.24) is 9.80 Å². The lowest BCUT2D eigenvalue weighted by molar-refractivity contribution is 0.157. The zero-order valence-electron chi connectivity index (χ0n) is 13.2. The summed E-state index contributed by atoms with van der Waals surface area (Å²) in [7, 11) is 0. The van der Waals surface area contributed by atoms with Gasteiger partial charge in [-0.1, -0.05) is 37.5 Å². The summed E-state index contributed by atoms with van der Waals surface area (Å²) in [5, 5.41) is 0. The van der Waals surface area contributed by atoms with Crippen molar-refractivity contribution in [2.45, 2.75) is 34.6 Å². The molecule has 1 aliphatic rings. The third kappa shape index (κ3) is 7.93. The fraction of sp³-hybridized carbons (Fsp3) is 0.765. The molecular weight excluding hydrogens is 232 g/mol. The first kappa shape index (κ1) is 16.1. The van der Waals surface area contributed by atoms with Gasteiger partial charge in [-0.2, -0.15) is 0 Å². The van der Waals surface area contributed by atoms with Crippen LogP contribution in [-0.2, 0) is 0 Å². The van der Waals surface area contributed by atoms with Gasteiger partial charge in [0.15, 0.2) is 0 Å². The Hall–Kier alpha value is -0.960. The first-order valence-corrected chi connectivity index (χ1v) is 7.30. The van der Waals surface area contributed by atoms with Crippen molar-refractivity contribution in [3.63, 3.8) is 0 Å². The molecule has 0 aliphatic carbocycles. The first-order valence-electron chi connectivity index (χ1n) is 7.30. The molecule has 1 fully saturated rings. The quantitative estimate of drug-likeness (QED) is 0.703. The average molecular weight is 260 g/mol. The van der Waals surface area contributed by atoms with Crippen molar-refractivity contribution < 1.29 is 0 Å². The second-order valence-corrected chi connectivity index (χ2v) is 6.58. The zero-order chi connectivity index (χ0) is 14.3. The van der Waals surface area contributed by atoms with Gasteiger partial charge in [0, 0.05) is 37.5 Å². The minimum absolute atomic E-state index is 0.119. The highest BCUT2D eigenvalue weighted by molar-refractivity contribution is 5.09. The highest BCUT2D eigenvalue weighted by atomic mass is 15.2. The van der Waals surface area contributed by atoms with Crippen molar-refractivity contribution in [3.8, 4) is 23.7 Å². The molecule has 0 unspecified atom stereocenters. The van der Waals surface area contributed by atoms with Gasteiger partial charge in [-0.3, -0.25) is 9.80 Å². The molecule has 1 saturated heterocycles. The molecule has 106 valence electrons. The molecule has 0 aromatic rings. The molecule has 0 bridgehead atoms. The van der Waals surface area contributed by atoms with E-state index in [0.717, 1.165) is 39.3 Å². The van der Waals surface area contributed by atoms with E-state index in [1.165, 1.54) is 0 Å². The van der Waals surface area contributed by atoms with Gasteiger partial charge in [0.25, 0.3) is 0 Å². The smallest absolute Gasteiger partial charge is 0.0602 e. The standard InChI is InChI=1S/C17H28N2/c1-16(2)8-6-10-18-12-14-19(15-13-18)11-7-9-17(3,4)5/h16H,10-15H2,1-5H3. The monoisotopic (exact) mass is 260 g/mol. The molecule has 0 amide bonds. The maximum absolute atomic E-state index is 3.30. The van der Waals surface area contributed by atoms with E-state index < -0.39 is 0 Å². The maximum Gasteiger partial charge on any atom is 0.0602 e. The van der Waals surface area contributed by atoms with Crippen molar-refractivity contribution in [1.29, 1.82) is 0 Å². The third-order valence-corrected chi connectivity index (χ3v) is 2.92. The van der Waals surface area contributed by atoms with Gasteiger partial charge in [0.2, 0.25) is 0 Å². The van der Waals surface area contributed by atoms with Crippen LogP contribution in [0.1, 0.15) is 34.6 Å². The second kappa shape index (κ2) is 7.59. The number of nitrogens with zero attached hydrogens (tertiary/aromatic N) is 2. The summed E-state index contributed by atoms with van der Waals surface area (Å²) in [6, 6.07) is 0. The van der Waals surface area contributed by atoms with Crippen LogP contribution in [0.2, 0.25) is 0 Å². The van der Waals surface area contributed by atoms with Gasteiger partial charge >= 0.3 is 0 Å². The largest absolute Gasteiger partial charge is 0.290 e. The molecule has 0 spiro atoms. The van der Waals surface area contributed by atoms with Crippen LogP contribution in [0.3, 0.4) is 0 Å². The van der Waals surface area contributed by atoms with E-state index in [0.29, 0.717) is 5.92 Å². The van der Waals surface area contributed by atoms with Gasteiger partial charge in [0.05, 0.1) is 13.1 Å². The predicted octanol–water partition coefficient (Wildman–Crippen LogP) is 2.31. The van der Waals surface area contributed by atoms with E-state index in [1.807, 2.05) is 0 Å². The van der Waals surface area contributed by atoms with Crippen LogP contribution in [0.25, 0.3) is 0 Å². The number of rotatable bonds is 2. The minimum Gasteiger partial charge on any atom is -0.290 e. The molecule has 0 saturated carbocycles. The SMILES string of the molecule is CC(C)C#CCN1CCN(CC#CC(C)(C)C)CC1. The summed E-state index contributed by atoms with van der Waals surface area (Å²) < 4.78 is 0. The summed E-state index contributed by atoms with van der Waals surface area (Å²) in [6.07, 6.45) is 0. The second-order valence-electron chi connectivity index (χ2n) is 6.58. The number of hydrogen-bond acceptors (Lipinski definition) is 2. The van der Waals surface area contributed by atoms with Crippen molar-refractivity contribution in [3.05, 3.63) is 0 Å². The first-order chi connectivity index (χ1) is 8.87. The zero-order valence-corrected chi connectivity index (χ0v) is 13.2. The Balaban J connectivity index is 2.26. The van der Waals surface area contributed by atoms with Crippen molar-refractivity contribution in [2.24, 2.45) is 11.3 Å². The molecule has 0 N–H and O–H groups in total. The van der Waals surface area contributed by atoms with Crippen LogP contribution < -0.4 is 0 Å². The summed E-state index contributed by atoms with van der Waals surface area (Å²) in [6.45, 7) is 17.0. The van der Waals surface area contributed by atoms with E-state index in [1.54, 1.807) is 0 Å². The number of piperazine rings is 1. The van der Waals surface area contributed by atoms with Gasteiger partial charge in [0.1, 0.15) is 0 Å². The number of hydrogen-bond donors (Lipinski definition) is 0. The highest BCUT2D eigenvalue weighted by Gasteiger charge is 2.14. The molecule has 1 aliphatic heterocycles. The fourth-order valence-electron chi connectivity index (χ4n) is 1.88. The topological polar surface area (TPSA) is 6.48 Å². The van der Waals surface area contributed by atoms with Crippen LogP contribution in [0.4, 0.5) is 0 Å². The van der Waals surface area contributed by atoms with Crippen LogP contribution in [0.5, 0.6) is 0 Å². The molecule has 1 rings (SSSR count). The maximum atomic E-state index is 3.30. The van der Waals surface area contributed by atoms with Gasteiger partial charge in [-0.05, 0) is 20.8 Å². The Morgan fingerprint density at radius 3 is 1.79 bits per heavy atom. The lowest BCUT2D eigenvalue weighted by atomic mass is 9.98. The van der Waals surface area contributed by atoms with Crippen LogP contribution in [-0.4, -0.2) is 49.1 Å². The van der Waals surface area contributed by atoms with Crippen LogP contribution >= 0.6 is 0 Å². The Bertz CT molecular complexity index is 373. The van der Waals surface area contributed by atoms with E-state index in [2.05, 4.69) is 68.1 Å². The van der Waals surface area contributed by atoms with Gasteiger partial charge in [-0.25, -0.2) is 0 Å². The summed E-state index contributed by atoms with van der Waals surface area (Å²) in [5.74, 6) is 13.6. The highest BCUT2D eigenvalue weighted by Crippen LogP contribution is 2.09. The Morgan fingerprint density at radius 2 is 1.37 bits per heavy atom. The van der Waals surface area contributed by atoms with Crippen LogP contribution in [0.15, 0.2) is 0 Å². The van der Waals surface area contributed by atoms with Crippen molar-refractivity contribution >= 4 is 0 Å². The van der Waals surface area contributed by atoms with Gasteiger partial charge < -0.3 is 0 Å². The molecular formula is C17H28N2. The average Bonchev–Trinajstić information content (AvgIpc) is 2.29. The van der Waals surface area contributed by atoms with E-state index in [4.69, 9.17) is 0 Å². The van der Waals surface area contributed by atoms with Crippen LogP contribution in [0, 0.1) is 35.0 Å². The summed E-state index contributed by atoms with van der Waals surface area (Å²) >= 11 is 0. The Labute approximate surface area is 119 Å². The molecule has 0 aromatic carbocycles. The van der Waals surface area contributed by atoms with E-state index >= 15 is 0 Å². The summed E-state index contributed by atoms with van der Waals surface area (Å²) in [5.41, 5.74) is 0.119. The Morgan fingerprint density at radius 1 is 0.895 bits per heavy atom. The van der Waals surface area contributed by atoms with E-state index in [9.17, 15) is 0 Å². The predicted molar refractivity (Wildman–Crippen MR) is 82.7 cm³/mol. The normalized spacial score (nSPS) is 17.6. The minimum atomic E-state index is 0.119. The summed E-state index contributed by atoms with van der Waals surface area (Å²) in [4.78, 5) is 4.87. The molecule has 0 radical (unpaired) electrons. The lowest BCUT2D eigenvalue weighted by Gasteiger charge is -2.32. The van der Waals surface area contributed by atoms with Gasteiger partial charge in [-0.15, -0.1) is 0 Å². The van der Waals surface area contributed by atoms with Crippen molar-refractivity contribution in [2.75, 3.05) is 39.3 Å². The molecule has 0 aromatic heterocycles. The van der Waals surface area contributed by atoms with E-state index in [-0.39, 0.29) is 5.41 Å². The third-order valence-electron chi connectivity index (χ3n) is 2.92. The molecule has 19 heavy (non-hydrogen) atoms. The molecule has 2 nitrogen and oxygen atoms in total. The lowest BCUT2D eigenvalue weighted by Crippen LogP contribution is -2.46. The molecule has 0 atom stereocenters. The molecule has 2 heteroatoms. The fourth-order valence-corrected chi connectivity index (χ4v) is 1.88. The molecule has 1 heterocycles. The Kier molecular flexibility index (Phi) is 6.43.